The van der Waals surface area contributed by atoms with Crippen molar-refractivity contribution in [3.05, 3.63) is 23.8 Å². The van der Waals surface area contributed by atoms with Gasteiger partial charge < -0.3 is 14.8 Å². The lowest BCUT2D eigenvalue weighted by atomic mass is 10.2. The van der Waals surface area contributed by atoms with Crippen molar-refractivity contribution in [2.45, 2.75) is 45.1 Å². The lowest BCUT2D eigenvalue weighted by molar-refractivity contribution is 0.285. The van der Waals surface area contributed by atoms with Crippen LogP contribution in [0.25, 0.3) is 0 Å². The highest BCUT2D eigenvalue weighted by molar-refractivity contribution is 5.42. The smallest absolute Gasteiger partial charge is 0.161 e. The Balaban J connectivity index is 1.59. The monoisotopic (exact) mass is 263 g/mol. The van der Waals surface area contributed by atoms with Gasteiger partial charge in [0.1, 0.15) is 0 Å². The summed E-state index contributed by atoms with van der Waals surface area (Å²) in [5, 5.41) is 3.53. The summed E-state index contributed by atoms with van der Waals surface area (Å²) in [6.45, 7) is 3.97. The van der Waals surface area contributed by atoms with Gasteiger partial charge in [0.25, 0.3) is 0 Å². The highest BCUT2D eigenvalue weighted by Crippen LogP contribution is 2.27. The van der Waals surface area contributed by atoms with Gasteiger partial charge in [-0.15, -0.1) is 0 Å². The molecule has 1 fully saturated rings. The molecule has 0 unspecified atom stereocenters. The molecule has 3 heteroatoms. The highest BCUT2D eigenvalue weighted by Gasteiger charge is 2.19. The Kier molecular flexibility index (Phi) is 5.52. The second-order valence-corrected chi connectivity index (χ2v) is 5.29. The molecule has 106 valence electrons. The van der Waals surface area contributed by atoms with E-state index in [4.69, 9.17) is 9.47 Å². The maximum Gasteiger partial charge on any atom is 0.161 e. The van der Waals surface area contributed by atoms with Gasteiger partial charge in [-0.2, -0.15) is 0 Å². The fourth-order valence-corrected chi connectivity index (χ4v) is 2.07. The Morgan fingerprint density at radius 1 is 1.16 bits per heavy atom. The molecule has 0 atom stereocenters. The van der Waals surface area contributed by atoms with E-state index in [2.05, 4.69) is 18.3 Å². The standard InChI is InChI=1S/C16H25NO2/c1-13-6-9-15(16(12-13)18-2)19-11-5-3-4-10-17-14-7-8-14/h6,9,12,14,17H,3-5,7-8,10-11H2,1-2H3. The largest absolute Gasteiger partial charge is 0.493 e. The van der Waals surface area contributed by atoms with Crippen molar-refractivity contribution in [2.24, 2.45) is 0 Å². The average Bonchev–Trinajstić information content (AvgIpc) is 3.23. The number of unbranched alkanes of at least 4 members (excludes halogenated alkanes) is 2. The highest BCUT2D eigenvalue weighted by atomic mass is 16.5. The summed E-state index contributed by atoms with van der Waals surface area (Å²) in [4.78, 5) is 0. The topological polar surface area (TPSA) is 30.5 Å². The van der Waals surface area contributed by atoms with Gasteiger partial charge in [-0.1, -0.05) is 6.07 Å². The Morgan fingerprint density at radius 2 is 2.00 bits per heavy atom. The first-order chi connectivity index (χ1) is 9.29. The van der Waals surface area contributed by atoms with Crippen LogP contribution in [0.3, 0.4) is 0 Å². The van der Waals surface area contributed by atoms with Crippen LogP contribution in [0.5, 0.6) is 11.5 Å². The van der Waals surface area contributed by atoms with Crippen LogP contribution >= 0.6 is 0 Å². The van der Waals surface area contributed by atoms with Crippen LogP contribution in [0.15, 0.2) is 18.2 Å². The molecule has 1 aliphatic rings. The summed E-state index contributed by atoms with van der Waals surface area (Å²) in [6, 6.07) is 6.88. The molecule has 0 saturated heterocycles. The minimum Gasteiger partial charge on any atom is -0.493 e. The lowest BCUT2D eigenvalue weighted by Gasteiger charge is -2.11. The molecule has 1 N–H and O–H groups in total. The van der Waals surface area contributed by atoms with Crippen LogP contribution in [0.4, 0.5) is 0 Å². The van der Waals surface area contributed by atoms with E-state index in [0.29, 0.717) is 0 Å². The summed E-state index contributed by atoms with van der Waals surface area (Å²) in [7, 11) is 1.69. The molecular weight excluding hydrogens is 238 g/mol. The third-order valence-corrected chi connectivity index (χ3v) is 3.41. The molecule has 0 radical (unpaired) electrons. The van der Waals surface area contributed by atoms with Crippen LogP contribution in [0.1, 0.15) is 37.7 Å². The van der Waals surface area contributed by atoms with Crippen molar-refractivity contribution < 1.29 is 9.47 Å². The zero-order chi connectivity index (χ0) is 13.5. The molecule has 1 aromatic rings. The zero-order valence-corrected chi connectivity index (χ0v) is 12.1. The summed E-state index contributed by atoms with van der Waals surface area (Å²) < 4.78 is 11.1. The third kappa shape index (κ3) is 5.11. The summed E-state index contributed by atoms with van der Waals surface area (Å²) in [5.41, 5.74) is 1.19. The molecule has 0 amide bonds. The number of rotatable bonds is 9. The van der Waals surface area contributed by atoms with Crippen molar-refractivity contribution >= 4 is 0 Å². The quantitative estimate of drug-likeness (QED) is 0.693. The molecule has 0 aliphatic heterocycles. The van der Waals surface area contributed by atoms with Gasteiger partial charge in [0, 0.05) is 6.04 Å². The second-order valence-electron chi connectivity index (χ2n) is 5.29. The predicted octanol–water partition coefficient (Wildman–Crippen LogP) is 3.30. The molecule has 1 aromatic carbocycles. The van der Waals surface area contributed by atoms with E-state index in [1.807, 2.05) is 12.1 Å². The van der Waals surface area contributed by atoms with E-state index in [1.165, 1.54) is 31.2 Å². The molecule has 19 heavy (non-hydrogen) atoms. The molecule has 2 rings (SSSR count). The number of methoxy groups -OCH3 is 1. The zero-order valence-electron chi connectivity index (χ0n) is 12.1. The van der Waals surface area contributed by atoms with Crippen molar-refractivity contribution in [2.75, 3.05) is 20.3 Å². The Labute approximate surface area is 116 Å². The minimum atomic E-state index is 0.767. The first-order valence-electron chi connectivity index (χ1n) is 7.30. The number of hydrogen-bond donors (Lipinski definition) is 1. The number of benzene rings is 1. The molecule has 0 bridgehead atoms. The van der Waals surface area contributed by atoms with Gasteiger partial charge in [0.2, 0.25) is 0 Å². The molecule has 0 heterocycles. The number of aryl methyl sites for hydroxylation is 1. The fraction of sp³-hybridized carbons (Fsp3) is 0.625. The first kappa shape index (κ1) is 14.2. The number of ether oxygens (including phenoxy) is 2. The van der Waals surface area contributed by atoms with E-state index >= 15 is 0 Å². The van der Waals surface area contributed by atoms with E-state index in [9.17, 15) is 0 Å². The van der Waals surface area contributed by atoms with E-state index in [0.717, 1.165) is 37.1 Å². The minimum absolute atomic E-state index is 0.767. The molecule has 0 aromatic heterocycles. The number of nitrogens with one attached hydrogen (secondary N) is 1. The first-order valence-corrected chi connectivity index (χ1v) is 7.30. The molecule has 1 aliphatic carbocycles. The summed E-state index contributed by atoms with van der Waals surface area (Å²) in [6.07, 6.45) is 6.30. The maximum atomic E-state index is 5.78. The second kappa shape index (κ2) is 7.39. The fourth-order valence-electron chi connectivity index (χ4n) is 2.07. The van der Waals surface area contributed by atoms with Crippen LogP contribution in [0.2, 0.25) is 0 Å². The van der Waals surface area contributed by atoms with Crippen molar-refractivity contribution in [1.82, 2.24) is 5.32 Å². The third-order valence-electron chi connectivity index (χ3n) is 3.41. The normalized spacial score (nSPS) is 14.4. The lowest BCUT2D eigenvalue weighted by Crippen LogP contribution is -2.17. The Hall–Kier alpha value is -1.22. The van der Waals surface area contributed by atoms with Crippen molar-refractivity contribution in [1.29, 1.82) is 0 Å². The van der Waals surface area contributed by atoms with Gasteiger partial charge in [-0.05, 0) is 63.3 Å². The van der Waals surface area contributed by atoms with E-state index in [1.54, 1.807) is 7.11 Å². The Bertz CT molecular complexity index is 388. The van der Waals surface area contributed by atoms with Gasteiger partial charge in [0.05, 0.1) is 13.7 Å². The van der Waals surface area contributed by atoms with Gasteiger partial charge in [-0.25, -0.2) is 0 Å². The van der Waals surface area contributed by atoms with Crippen molar-refractivity contribution in [3.63, 3.8) is 0 Å². The molecule has 0 spiro atoms. The van der Waals surface area contributed by atoms with Crippen molar-refractivity contribution in [3.8, 4) is 11.5 Å². The average molecular weight is 263 g/mol. The summed E-state index contributed by atoms with van der Waals surface area (Å²) >= 11 is 0. The predicted molar refractivity (Wildman–Crippen MR) is 78.1 cm³/mol. The van der Waals surface area contributed by atoms with E-state index in [-0.39, 0.29) is 0 Å². The molecule has 3 nitrogen and oxygen atoms in total. The van der Waals surface area contributed by atoms with Crippen LogP contribution in [-0.4, -0.2) is 26.3 Å². The maximum absolute atomic E-state index is 5.78. The molecular formula is C16H25NO2. The van der Waals surface area contributed by atoms with Gasteiger partial charge >= 0.3 is 0 Å². The molecule has 1 saturated carbocycles. The van der Waals surface area contributed by atoms with Crippen LogP contribution < -0.4 is 14.8 Å². The van der Waals surface area contributed by atoms with Gasteiger partial charge in [-0.3, -0.25) is 0 Å². The van der Waals surface area contributed by atoms with Crippen LogP contribution in [-0.2, 0) is 0 Å². The Morgan fingerprint density at radius 3 is 2.74 bits per heavy atom. The SMILES string of the molecule is COc1cc(C)ccc1OCCCCCNC1CC1. The van der Waals surface area contributed by atoms with Crippen LogP contribution in [0, 0.1) is 6.92 Å². The van der Waals surface area contributed by atoms with Gasteiger partial charge in [0.15, 0.2) is 11.5 Å². The summed E-state index contributed by atoms with van der Waals surface area (Å²) in [5.74, 6) is 1.68. The number of hydrogen-bond acceptors (Lipinski definition) is 3. The van der Waals surface area contributed by atoms with E-state index < -0.39 is 0 Å².